The Hall–Kier alpha value is -3.31. The zero-order chi connectivity index (χ0) is 22.2. The van der Waals surface area contributed by atoms with Gasteiger partial charge in [-0.05, 0) is 48.4 Å². The van der Waals surface area contributed by atoms with Crippen LogP contribution in [0.4, 0.5) is 5.69 Å². The molecule has 0 unspecified atom stereocenters. The van der Waals surface area contributed by atoms with Gasteiger partial charge in [0.05, 0.1) is 12.8 Å². The summed E-state index contributed by atoms with van der Waals surface area (Å²) in [6, 6.07) is 26.2. The molecule has 0 radical (unpaired) electrons. The maximum atomic E-state index is 12.5. The molecule has 1 amide bonds. The van der Waals surface area contributed by atoms with Gasteiger partial charge in [-0.15, -0.1) is 0 Å². The SMILES string of the molecule is COc1ccccc1N1CCN(CCCNC(=O)c2ccc(-c3ccccc3)cc2)CC1. The number of rotatable bonds is 8. The van der Waals surface area contributed by atoms with E-state index in [0.717, 1.165) is 56.0 Å². The van der Waals surface area contributed by atoms with Gasteiger partial charge < -0.3 is 15.0 Å². The fourth-order valence-electron chi connectivity index (χ4n) is 4.15. The number of anilines is 1. The second-order valence-electron chi connectivity index (χ2n) is 8.05. The van der Waals surface area contributed by atoms with Crippen LogP contribution in [-0.4, -0.2) is 57.2 Å². The number of carbonyl (C=O) groups excluding carboxylic acids is 1. The van der Waals surface area contributed by atoms with Gasteiger partial charge in [-0.1, -0.05) is 54.6 Å². The molecule has 3 aromatic rings. The third kappa shape index (κ3) is 5.48. The van der Waals surface area contributed by atoms with E-state index in [2.05, 4.69) is 39.4 Å². The van der Waals surface area contributed by atoms with Crippen LogP contribution >= 0.6 is 0 Å². The Morgan fingerprint density at radius 1 is 0.844 bits per heavy atom. The largest absolute Gasteiger partial charge is 0.495 e. The smallest absolute Gasteiger partial charge is 0.251 e. The normalized spacial score (nSPS) is 14.2. The minimum Gasteiger partial charge on any atom is -0.495 e. The van der Waals surface area contributed by atoms with Gasteiger partial charge in [0, 0.05) is 38.3 Å². The summed E-state index contributed by atoms with van der Waals surface area (Å²) in [7, 11) is 1.72. The summed E-state index contributed by atoms with van der Waals surface area (Å²) < 4.78 is 5.50. The molecule has 1 saturated heterocycles. The maximum absolute atomic E-state index is 12.5. The fourth-order valence-corrected chi connectivity index (χ4v) is 4.15. The lowest BCUT2D eigenvalue weighted by Gasteiger charge is -2.36. The van der Waals surface area contributed by atoms with Gasteiger partial charge in [0.1, 0.15) is 5.75 Å². The Morgan fingerprint density at radius 2 is 1.50 bits per heavy atom. The summed E-state index contributed by atoms with van der Waals surface area (Å²) in [5.41, 5.74) is 4.15. The lowest BCUT2D eigenvalue weighted by Crippen LogP contribution is -2.47. The molecule has 3 aromatic carbocycles. The van der Waals surface area contributed by atoms with Crippen molar-refractivity contribution in [1.29, 1.82) is 0 Å². The molecule has 5 heteroatoms. The van der Waals surface area contributed by atoms with Crippen LogP contribution in [0, 0.1) is 0 Å². The number of benzene rings is 3. The highest BCUT2D eigenvalue weighted by molar-refractivity contribution is 5.94. The number of amides is 1. The van der Waals surface area contributed by atoms with Crippen LogP contribution in [0.5, 0.6) is 5.75 Å². The minimum absolute atomic E-state index is 0.00870. The van der Waals surface area contributed by atoms with Crippen LogP contribution in [0.2, 0.25) is 0 Å². The van der Waals surface area contributed by atoms with Crippen molar-refractivity contribution in [2.45, 2.75) is 6.42 Å². The number of methoxy groups -OCH3 is 1. The van der Waals surface area contributed by atoms with E-state index in [-0.39, 0.29) is 5.91 Å². The zero-order valence-electron chi connectivity index (χ0n) is 18.7. The molecular formula is C27H31N3O2. The van der Waals surface area contributed by atoms with Gasteiger partial charge >= 0.3 is 0 Å². The van der Waals surface area contributed by atoms with Crippen molar-refractivity contribution in [3.8, 4) is 16.9 Å². The highest BCUT2D eigenvalue weighted by Gasteiger charge is 2.19. The van der Waals surface area contributed by atoms with Gasteiger partial charge in [0.25, 0.3) is 5.91 Å². The lowest BCUT2D eigenvalue weighted by atomic mass is 10.0. The maximum Gasteiger partial charge on any atom is 0.251 e. The van der Waals surface area contributed by atoms with Crippen molar-refractivity contribution >= 4 is 11.6 Å². The topological polar surface area (TPSA) is 44.8 Å². The molecule has 0 aromatic heterocycles. The molecule has 166 valence electrons. The quantitative estimate of drug-likeness (QED) is 0.542. The van der Waals surface area contributed by atoms with Crippen LogP contribution in [0.3, 0.4) is 0 Å². The van der Waals surface area contributed by atoms with Crippen LogP contribution in [0.15, 0.2) is 78.9 Å². The van der Waals surface area contributed by atoms with Crippen LogP contribution in [0.1, 0.15) is 16.8 Å². The average Bonchev–Trinajstić information content (AvgIpc) is 2.87. The molecule has 4 rings (SSSR count). The van der Waals surface area contributed by atoms with Crippen molar-refractivity contribution < 1.29 is 9.53 Å². The standard InChI is InChI=1S/C27H31N3O2/c1-32-26-11-6-5-10-25(26)30-20-18-29(19-21-30)17-7-16-28-27(31)24-14-12-23(13-15-24)22-8-3-2-4-9-22/h2-6,8-15H,7,16-21H2,1H3,(H,28,31). The summed E-state index contributed by atoms with van der Waals surface area (Å²) >= 11 is 0. The number of piperazine rings is 1. The predicted molar refractivity (Wildman–Crippen MR) is 130 cm³/mol. The summed E-state index contributed by atoms with van der Waals surface area (Å²) in [6.07, 6.45) is 0.947. The van der Waals surface area contributed by atoms with Crippen LogP contribution < -0.4 is 15.0 Å². The number of nitrogens with one attached hydrogen (secondary N) is 1. The van der Waals surface area contributed by atoms with Gasteiger partial charge in [-0.2, -0.15) is 0 Å². The Morgan fingerprint density at radius 3 is 2.22 bits per heavy atom. The molecule has 0 spiro atoms. The van der Waals surface area contributed by atoms with E-state index in [1.54, 1.807) is 7.11 Å². The molecular weight excluding hydrogens is 398 g/mol. The molecule has 1 heterocycles. The predicted octanol–water partition coefficient (Wildman–Crippen LogP) is 4.30. The first-order chi connectivity index (χ1) is 15.7. The number of hydrogen-bond acceptors (Lipinski definition) is 4. The summed E-state index contributed by atoms with van der Waals surface area (Å²) in [5.74, 6) is 0.922. The van der Waals surface area contributed by atoms with Crippen LogP contribution in [0.25, 0.3) is 11.1 Å². The first-order valence-electron chi connectivity index (χ1n) is 11.3. The molecule has 5 nitrogen and oxygen atoms in total. The fraction of sp³-hybridized carbons (Fsp3) is 0.296. The number of ether oxygens (including phenoxy) is 1. The zero-order valence-corrected chi connectivity index (χ0v) is 18.7. The van der Waals surface area contributed by atoms with E-state index < -0.39 is 0 Å². The van der Waals surface area contributed by atoms with Crippen molar-refractivity contribution in [3.63, 3.8) is 0 Å². The van der Waals surface area contributed by atoms with Crippen molar-refractivity contribution in [3.05, 3.63) is 84.4 Å². The first-order valence-corrected chi connectivity index (χ1v) is 11.3. The molecule has 0 atom stereocenters. The van der Waals surface area contributed by atoms with Crippen molar-refractivity contribution in [2.24, 2.45) is 0 Å². The van der Waals surface area contributed by atoms with Crippen molar-refractivity contribution in [2.75, 3.05) is 51.3 Å². The number of carbonyl (C=O) groups is 1. The summed E-state index contributed by atoms with van der Waals surface area (Å²) in [4.78, 5) is 17.3. The number of para-hydroxylation sites is 2. The Balaban J connectivity index is 1.18. The summed E-state index contributed by atoms with van der Waals surface area (Å²) in [5, 5.41) is 3.05. The Kier molecular flexibility index (Phi) is 7.41. The Bertz CT molecular complexity index is 997. The first kappa shape index (κ1) is 21.9. The van der Waals surface area contributed by atoms with E-state index in [1.807, 2.05) is 54.6 Å². The molecule has 1 aliphatic rings. The van der Waals surface area contributed by atoms with Gasteiger partial charge in [0.15, 0.2) is 0 Å². The van der Waals surface area contributed by atoms with Gasteiger partial charge in [-0.25, -0.2) is 0 Å². The minimum atomic E-state index is -0.00870. The lowest BCUT2D eigenvalue weighted by molar-refractivity contribution is 0.0951. The van der Waals surface area contributed by atoms with E-state index in [4.69, 9.17) is 4.74 Å². The molecule has 32 heavy (non-hydrogen) atoms. The Labute approximate surface area is 190 Å². The van der Waals surface area contributed by atoms with E-state index in [1.165, 1.54) is 5.69 Å². The van der Waals surface area contributed by atoms with Crippen LogP contribution in [-0.2, 0) is 0 Å². The average molecular weight is 430 g/mol. The molecule has 0 bridgehead atoms. The third-order valence-electron chi connectivity index (χ3n) is 5.99. The highest BCUT2D eigenvalue weighted by Crippen LogP contribution is 2.28. The number of hydrogen-bond donors (Lipinski definition) is 1. The second kappa shape index (κ2) is 10.8. The van der Waals surface area contributed by atoms with E-state index in [9.17, 15) is 4.79 Å². The third-order valence-corrected chi connectivity index (χ3v) is 5.99. The molecule has 0 aliphatic carbocycles. The van der Waals surface area contributed by atoms with Gasteiger partial charge in [-0.3, -0.25) is 9.69 Å². The molecule has 1 aliphatic heterocycles. The van der Waals surface area contributed by atoms with E-state index in [0.29, 0.717) is 12.1 Å². The summed E-state index contributed by atoms with van der Waals surface area (Å²) in [6.45, 7) is 5.69. The molecule has 1 N–H and O–H groups in total. The number of nitrogens with zero attached hydrogens (tertiary/aromatic N) is 2. The molecule has 1 fully saturated rings. The van der Waals surface area contributed by atoms with Gasteiger partial charge in [0.2, 0.25) is 0 Å². The van der Waals surface area contributed by atoms with E-state index >= 15 is 0 Å². The molecule has 0 saturated carbocycles. The highest BCUT2D eigenvalue weighted by atomic mass is 16.5. The van der Waals surface area contributed by atoms with Crippen molar-refractivity contribution in [1.82, 2.24) is 10.2 Å². The monoisotopic (exact) mass is 429 g/mol. The second-order valence-corrected chi connectivity index (χ2v) is 8.05.